The maximum atomic E-state index is 13.8. The first-order chi connectivity index (χ1) is 17.2. The molecule has 4 rings (SSSR count). The van der Waals surface area contributed by atoms with Crippen molar-refractivity contribution in [1.82, 2.24) is 10.2 Å². The zero-order chi connectivity index (χ0) is 27.6. The third kappa shape index (κ3) is 3.96. The van der Waals surface area contributed by atoms with Gasteiger partial charge in [0.05, 0.1) is 17.8 Å². The Balaban J connectivity index is 1.85. The van der Waals surface area contributed by atoms with Gasteiger partial charge >= 0.3 is 0 Å². The van der Waals surface area contributed by atoms with E-state index in [0.29, 0.717) is 30.1 Å². The van der Waals surface area contributed by atoms with Crippen LogP contribution in [0, 0.1) is 23.7 Å². The van der Waals surface area contributed by atoms with Crippen molar-refractivity contribution in [3.63, 3.8) is 0 Å². The normalized spacial score (nSPS) is 33.4. The van der Waals surface area contributed by atoms with Gasteiger partial charge in [-0.25, -0.2) is 0 Å². The molecule has 0 saturated heterocycles. The smallest absolute Gasteiger partial charge is 0.230 e. The van der Waals surface area contributed by atoms with Gasteiger partial charge in [-0.2, -0.15) is 0 Å². The van der Waals surface area contributed by atoms with E-state index in [1.165, 1.54) is 19.0 Å². The largest absolute Gasteiger partial charge is 0.507 e. The zero-order valence-electron chi connectivity index (χ0n) is 21.3. The topological polar surface area (TPSA) is 194 Å². The SMILES string of the molecule is CC(C)CNCc1ccc2c(c1O)C(O)=C1C(=O)[C@@]3(O)C(=O)C(C(N)=O)C(O)[C@H](N(C)C)[C@H]3[C@H](O)[C@H]1C2. The van der Waals surface area contributed by atoms with E-state index in [1.807, 2.05) is 13.8 Å². The van der Waals surface area contributed by atoms with Crippen LogP contribution < -0.4 is 11.1 Å². The van der Waals surface area contributed by atoms with Crippen molar-refractivity contribution < 1.29 is 39.9 Å². The number of hydrogen-bond acceptors (Lipinski definition) is 10. The molecule has 3 aliphatic carbocycles. The fraction of sp³-hybridized carbons (Fsp3) is 0.577. The molecule has 7 atom stereocenters. The molecule has 37 heavy (non-hydrogen) atoms. The highest BCUT2D eigenvalue weighted by molar-refractivity contribution is 6.25. The first-order valence-electron chi connectivity index (χ1n) is 12.4. The molecular weight excluding hydrogens is 482 g/mol. The number of primary amides is 1. The third-order valence-electron chi connectivity index (χ3n) is 7.99. The molecule has 0 aromatic heterocycles. The number of fused-ring (bicyclic) bond motifs is 3. The Labute approximate surface area is 214 Å². The summed E-state index contributed by atoms with van der Waals surface area (Å²) in [6.45, 7) is 5.05. The second-order valence-electron chi connectivity index (χ2n) is 11.0. The van der Waals surface area contributed by atoms with Crippen LogP contribution in [0.5, 0.6) is 5.75 Å². The average molecular weight is 518 g/mol. The number of ketones is 2. The van der Waals surface area contributed by atoms with Crippen molar-refractivity contribution in [1.29, 1.82) is 0 Å². The van der Waals surface area contributed by atoms with Gasteiger partial charge < -0.3 is 41.5 Å². The molecule has 2 fully saturated rings. The summed E-state index contributed by atoms with van der Waals surface area (Å²) >= 11 is 0. The van der Waals surface area contributed by atoms with E-state index in [0.717, 1.165) is 0 Å². The highest BCUT2D eigenvalue weighted by Crippen LogP contribution is 2.52. The number of phenols is 1. The van der Waals surface area contributed by atoms with Crippen molar-refractivity contribution >= 4 is 23.2 Å². The highest BCUT2D eigenvalue weighted by atomic mass is 16.3. The minimum absolute atomic E-state index is 0.00315. The summed E-state index contributed by atoms with van der Waals surface area (Å²) < 4.78 is 0. The van der Waals surface area contributed by atoms with Gasteiger partial charge in [-0.3, -0.25) is 14.4 Å². The summed E-state index contributed by atoms with van der Waals surface area (Å²) in [5.41, 5.74) is 3.00. The Morgan fingerprint density at radius 2 is 1.84 bits per heavy atom. The van der Waals surface area contributed by atoms with Gasteiger partial charge in [0.25, 0.3) is 0 Å². The molecule has 0 aliphatic heterocycles. The summed E-state index contributed by atoms with van der Waals surface area (Å²) in [4.78, 5) is 40.7. The second kappa shape index (κ2) is 9.48. The Hall–Kier alpha value is -2.83. The van der Waals surface area contributed by atoms with Gasteiger partial charge in [0.2, 0.25) is 11.7 Å². The third-order valence-corrected chi connectivity index (χ3v) is 7.99. The van der Waals surface area contributed by atoms with Crippen LogP contribution in [0.2, 0.25) is 0 Å². The lowest BCUT2D eigenvalue weighted by molar-refractivity contribution is -0.198. The van der Waals surface area contributed by atoms with E-state index in [1.54, 1.807) is 12.1 Å². The highest BCUT2D eigenvalue weighted by Gasteiger charge is 2.70. The van der Waals surface area contributed by atoms with E-state index >= 15 is 0 Å². The minimum atomic E-state index is -2.92. The molecule has 0 heterocycles. The predicted molar refractivity (Wildman–Crippen MR) is 132 cm³/mol. The van der Waals surface area contributed by atoms with Crippen molar-refractivity contribution in [2.24, 2.45) is 29.4 Å². The van der Waals surface area contributed by atoms with Crippen molar-refractivity contribution in [3.8, 4) is 5.75 Å². The molecule has 1 aromatic rings. The zero-order valence-corrected chi connectivity index (χ0v) is 21.3. The molecular formula is C26H35N3O8. The lowest BCUT2D eigenvalue weighted by Gasteiger charge is -2.55. The van der Waals surface area contributed by atoms with Crippen LogP contribution in [-0.4, -0.2) is 92.4 Å². The number of aromatic hydroxyl groups is 1. The fourth-order valence-corrected chi connectivity index (χ4v) is 6.27. The van der Waals surface area contributed by atoms with Crippen LogP contribution in [0.15, 0.2) is 17.7 Å². The summed E-state index contributed by atoms with van der Waals surface area (Å²) in [5, 5.41) is 59.4. The molecule has 202 valence electrons. The number of likely N-dealkylation sites (N-methyl/N-ethyl adjacent to an activating group) is 1. The summed E-state index contributed by atoms with van der Waals surface area (Å²) in [6, 6.07) is 2.22. The van der Waals surface area contributed by atoms with Gasteiger partial charge in [0.1, 0.15) is 17.4 Å². The molecule has 3 aliphatic rings. The number of phenolic OH excluding ortho intramolecular Hbond substituents is 1. The molecule has 1 aromatic carbocycles. The number of carbonyl (C=O) groups is 3. The number of rotatable bonds is 6. The predicted octanol–water partition coefficient (Wildman–Crippen LogP) is -1.15. The maximum absolute atomic E-state index is 13.8. The second-order valence-corrected chi connectivity index (χ2v) is 11.0. The first kappa shape index (κ1) is 27.2. The summed E-state index contributed by atoms with van der Waals surface area (Å²) in [6.07, 6.45) is -3.19. The van der Waals surface area contributed by atoms with E-state index in [4.69, 9.17) is 5.73 Å². The van der Waals surface area contributed by atoms with Crippen LogP contribution in [0.25, 0.3) is 5.76 Å². The molecule has 1 amide bonds. The number of nitrogens with two attached hydrogens (primary N) is 1. The number of Topliss-reactive ketones (excluding diaryl/α,β-unsaturated/α-hetero) is 2. The van der Waals surface area contributed by atoms with E-state index in [9.17, 15) is 39.9 Å². The fourth-order valence-electron chi connectivity index (χ4n) is 6.27. The average Bonchev–Trinajstić information content (AvgIpc) is 2.80. The first-order valence-corrected chi connectivity index (χ1v) is 12.4. The lowest BCUT2D eigenvalue weighted by Crippen LogP contribution is -2.76. The minimum Gasteiger partial charge on any atom is -0.507 e. The Morgan fingerprint density at radius 1 is 1.19 bits per heavy atom. The number of carbonyl (C=O) groups excluding carboxylic acids is 3. The Bertz CT molecular complexity index is 1180. The maximum Gasteiger partial charge on any atom is 0.230 e. The number of hydrogen-bond donors (Lipinski definition) is 7. The molecule has 11 nitrogen and oxygen atoms in total. The molecule has 8 N–H and O–H groups in total. The lowest BCUT2D eigenvalue weighted by atomic mass is 9.53. The molecule has 0 bridgehead atoms. The van der Waals surface area contributed by atoms with Crippen LogP contribution in [0.4, 0.5) is 0 Å². The Morgan fingerprint density at radius 3 is 2.41 bits per heavy atom. The van der Waals surface area contributed by atoms with E-state index < -0.39 is 70.4 Å². The molecule has 0 spiro atoms. The molecule has 2 saturated carbocycles. The standard InChI is InChI=1S/C26H35N3O8/c1-10(2)8-28-9-12-6-5-11-7-13-15(21(32)14(11)19(12)30)23(34)26(37)17(20(13)31)18(29(3)4)22(33)16(24(26)35)25(27)36/h5-6,10,13,16-18,20,22,28,30-33,37H,7-9H2,1-4H3,(H2,27,36)/t13-,16?,17-,18+,20+,22?,26+/m0/s1. The summed E-state index contributed by atoms with van der Waals surface area (Å²) in [5.74, 6) is -8.65. The number of nitrogens with one attached hydrogen (secondary N) is 1. The monoisotopic (exact) mass is 517 g/mol. The number of amides is 1. The number of aliphatic hydroxyl groups excluding tert-OH is 3. The van der Waals surface area contributed by atoms with Crippen LogP contribution in [0.1, 0.15) is 30.5 Å². The number of aliphatic hydroxyl groups is 4. The van der Waals surface area contributed by atoms with Crippen LogP contribution in [0.3, 0.4) is 0 Å². The van der Waals surface area contributed by atoms with Gasteiger partial charge in [-0.05, 0) is 38.5 Å². The van der Waals surface area contributed by atoms with Crippen molar-refractivity contribution in [2.45, 2.75) is 50.7 Å². The van der Waals surface area contributed by atoms with Crippen LogP contribution >= 0.6 is 0 Å². The summed E-state index contributed by atoms with van der Waals surface area (Å²) in [7, 11) is 3.04. The number of nitrogens with zero attached hydrogens (tertiary/aromatic N) is 1. The van der Waals surface area contributed by atoms with E-state index in [2.05, 4.69) is 5.32 Å². The van der Waals surface area contributed by atoms with Gasteiger partial charge in [-0.1, -0.05) is 26.0 Å². The van der Waals surface area contributed by atoms with Crippen molar-refractivity contribution in [2.75, 3.05) is 20.6 Å². The quantitative estimate of drug-likeness (QED) is 0.226. The van der Waals surface area contributed by atoms with Gasteiger partial charge in [0.15, 0.2) is 11.4 Å². The van der Waals surface area contributed by atoms with Crippen LogP contribution in [-0.2, 0) is 27.3 Å². The number of benzene rings is 1. The molecule has 11 heteroatoms. The molecule has 2 unspecified atom stereocenters. The Kier molecular flexibility index (Phi) is 6.97. The van der Waals surface area contributed by atoms with Gasteiger partial charge in [0, 0.05) is 35.6 Å². The van der Waals surface area contributed by atoms with E-state index in [-0.39, 0.29) is 17.7 Å². The molecule has 0 radical (unpaired) electrons. The van der Waals surface area contributed by atoms with Crippen molar-refractivity contribution in [3.05, 3.63) is 34.4 Å². The van der Waals surface area contributed by atoms with Gasteiger partial charge in [-0.15, -0.1) is 0 Å².